The molecule has 3 unspecified atom stereocenters. The minimum Gasteiger partial charge on any atom is -0.461 e. The van der Waals surface area contributed by atoms with Crippen LogP contribution in [0, 0.1) is 11.3 Å². The predicted octanol–water partition coefficient (Wildman–Crippen LogP) is 3.16. The van der Waals surface area contributed by atoms with Crippen LogP contribution in [-0.4, -0.2) is 67.8 Å². The molecule has 3 fully saturated rings. The molecule has 2 aromatic rings. The fraction of sp³-hybridized carbons (Fsp3) is 0.519. The maximum Gasteiger partial charge on any atom is 0.338 e. The van der Waals surface area contributed by atoms with Crippen molar-refractivity contribution in [2.45, 2.75) is 31.8 Å². The Labute approximate surface area is 190 Å². The number of hydrogen-bond donors (Lipinski definition) is 0. The van der Waals surface area contributed by atoms with E-state index in [1.807, 2.05) is 12.1 Å². The maximum atomic E-state index is 12.4. The minimum atomic E-state index is -0.227. The normalized spacial score (nSPS) is 29.1. The average Bonchev–Trinajstić information content (AvgIpc) is 3.42. The number of fused-ring (bicyclic) bond motifs is 1. The topological polar surface area (TPSA) is 42.0 Å². The summed E-state index contributed by atoms with van der Waals surface area (Å²) in [5.41, 5.74) is 5.56. The second-order valence-electron chi connectivity index (χ2n) is 10.0. The van der Waals surface area contributed by atoms with E-state index in [9.17, 15) is 4.79 Å². The van der Waals surface area contributed by atoms with E-state index < -0.39 is 0 Å². The second kappa shape index (κ2) is 8.29. The zero-order chi connectivity index (χ0) is 21.5. The van der Waals surface area contributed by atoms with Crippen molar-refractivity contribution in [2.24, 2.45) is 11.3 Å². The van der Waals surface area contributed by atoms with Crippen LogP contribution in [0.5, 0.6) is 0 Å². The van der Waals surface area contributed by atoms with E-state index in [0.717, 1.165) is 45.3 Å². The van der Waals surface area contributed by atoms with Crippen molar-refractivity contribution >= 4 is 5.97 Å². The first-order valence-electron chi connectivity index (χ1n) is 12.1. The Kier molecular flexibility index (Phi) is 5.28. The summed E-state index contributed by atoms with van der Waals surface area (Å²) in [6, 6.07) is 17.7. The van der Waals surface area contributed by atoms with E-state index in [1.54, 1.807) is 5.56 Å². The monoisotopic (exact) mass is 432 g/mol. The Morgan fingerprint density at radius 1 is 1.06 bits per heavy atom. The molecule has 5 heteroatoms. The summed E-state index contributed by atoms with van der Waals surface area (Å²) >= 11 is 0. The number of benzene rings is 2. The lowest BCUT2D eigenvalue weighted by Gasteiger charge is -2.37. The van der Waals surface area contributed by atoms with Crippen LogP contribution < -0.4 is 0 Å². The van der Waals surface area contributed by atoms with Crippen molar-refractivity contribution in [3.8, 4) is 0 Å². The Morgan fingerprint density at radius 3 is 2.66 bits per heavy atom. The molecule has 0 aromatic heterocycles. The van der Waals surface area contributed by atoms with Gasteiger partial charge in [0.15, 0.2) is 0 Å². The van der Waals surface area contributed by atoms with Crippen LogP contribution in [0.1, 0.15) is 33.5 Å². The Morgan fingerprint density at radius 2 is 1.84 bits per heavy atom. The quantitative estimate of drug-likeness (QED) is 0.656. The number of esters is 1. The third-order valence-electron chi connectivity index (χ3n) is 8.21. The summed E-state index contributed by atoms with van der Waals surface area (Å²) < 4.78 is 10.9. The minimum absolute atomic E-state index is 0.227. The molecule has 32 heavy (non-hydrogen) atoms. The van der Waals surface area contributed by atoms with Gasteiger partial charge in [0.05, 0.1) is 18.8 Å². The third-order valence-corrected chi connectivity index (χ3v) is 8.21. The summed E-state index contributed by atoms with van der Waals surface area (Å²) in [6.45, 7) is 6.75. The molecule has 0 radical (unpaired) electrons. The number of carbonyl (C=O) groups excluding carboxylic acids is 1. The SMILES string of the molecule is O=C(OCCN1CCOCC1)c1ccc(CN2CC3CC34Cc3ccccc3CC24)cc1. The molecule has 5 nitrogen and oxygen atoms in total. The highest BCUT2D eigenvalue weighted by atomic mass is 16.5. The summed E-state index contributed by atoms with van der Waals surface area (Å²) in [7, 11) is 0. The van der Waals surface area contributed by atoms with Crippen molar-refractivity contribution in [2.75, 3.05) is 46.0 Å². The van der Waals surface area contributed by atoms with E-state index >= 15 is 0 Å². The summed E-state index contributed by atoms with van der Waals surface area (Å²) in [5, 5.41) is 0. The molecule has 2 heterocycles. The molecule has 1 saturated carbocycles. The molecule has 2 aliphatic heterocycles. The zero-order valence-electron chi connectivity index (χ0n) is 18.7. The standard InChI is InChI=1S/C27H32N2O3/c30-26(32-14-11-28-9-12-31-13-10-28)21-7-5-20(6-8-21)18-29-19-24-17-27(24)16-23-4-2-1-3-22(23)15-25(27)29/h1-8,24-25H,9-19H2. The summed E-state index contributed by atoms with van der Waals surface area (Å²) in [4.78, 5) is 17.4. The molecule has 3 atom stereocenters. The number of carbonyl (C=O) groups is 1. The smallest absolute Gasteiger partial charge is 0.338 e. The van der Waals surface area contributed by atoms with Gasteiger partial charge in [0, 0.05) is 38.8 Å². The van der Waals surface area contributed by atoms with Crippen LogP contribution in [0.15, 0.2) is 48.5 Å². The number of morpholine rings is 1. The van der Waals surface area contributed by atoms with E-state index in [0.29, 0.717) is 23.6 Å². The first kappa shape index (κ1) is 20.4. The average molecular weight is 433 g/mol. The van der Waals surface area contributed by atoms with Gasteiger partial charge in [-0.05, 0) is 59.4 Å². The van der Waals surface area contributed by atoms with Crippen LogP contribution in [0.3, 0.4) is 0 Å². The Balaban J connectivity index is 1.05. The fourth-order valence-electron chi connectivity index (χ4n) is 6.32. The van der Waals surface area contributed by atoms with E-state index in [-0.39, 0.29) is 5.97 Å². The number of ether oxygens (including phenoxy) is 2. The molecular weight excluding hydrogens is 400 g/mol. The first-order valence-corrected chi connectivity index (χ1v) is 12.1. The van der Waals surface area contributed by atoms with Gasteiger partial charge >= 0.3 is 5.97 Å². The molecule has 168 valence electrons. The van der Waals surface area contributed by atoms with Crippen molar-refractivity contribution in [3.63, 3.8) is 0 Å². The molecule has 0 N–H and O–H groups in total. The maximum absolute atomic E-state index is 12.4. The second-order valence-corrected chi connectivity index (χ2v) is 10.0. The van der Waals surface area contributed by atoms with E-state index in [1.165, 1.54) is 36.9 Å². The van der Waals surface area contributed by atoms with E-state index in [4.69, 9.17) is 9.47 Å². The summed E-state index contributed by atoms with van der Waals surface area (Å²) in [5.74, 6) is 0.636. The highest BCUT2D eigenvalue weighted by Crippen LogP contribution is 2.65. The fourth-order valence-corrected chi connectivity index (χ4v) is 6.32. The molecule has 6 rings (SSSR count). The first-order chi connectivity index (χ1) is 15.7. The molecule has 0 bridgehead atoms. The molecule has 4 aliphatic rings. The van der Waals surface area contributed by atoms with Crippen molar-refractivity contribution in [1.82, 2.24) is 9.80 Å². The molecule has 0 amide bonds. The van der Waals surface area contributed by atoms with Gasteiger partial charge in [-0.25, -0.2) is 4.79 Å². The van der Waals surface area contributed by atoms with Gasteiger partial charge in [0.25, 0.3) is 0 Å². The number of hydrogen-bond acceptors (Lipinski definition) is 5. The van der Waals surface area contributed by atoms with Gasteiger partial charge in [-0.15, -0.1) is 0 Å². The molecular formula is C27H32N2O3. The van der Waals surface area contributed by atoms with E-state index in [2.05, 4.69) is 46.2 Å². The largest absolute Gasteiger partial charge is 0.461 e. The summed E-state index contributed by atoms with van der Waals surface area (Å²) in [6.07, 6.45) is 3.84. The molecule has 2 aliphatic carbocycles. The lowest BCUT2D eigenvalue weighted by Crippen LogP contribution is -2.41. The highest BCUT2D eigenvalue weighted by molar-refractivity contribution is 5.89. The van der Waals surface area contributed by atoms with Crippen LogP contribution in [0.4, 0.5) is 0 Å². The number of rotatable bonds is 6. The Bertz CT molecular complexity index is 985. The Hall–Kier alpha value is -2.21. The van der Waals surface area contributed by atoms with Gasteiger partial charge in [-0.2, -0.15) is 0 Å². The highest BCUT2D eigenvalue weighted by Gasteiger charge is 2.66. The number of nitrogens with zero attached hydrogens (tertiary/aromatic N) is 2. The molecule has 2 aromatic carbocycles. The van der Waals surface area contributed by atoms with Crippen molar-refractivity contribution in [1.29, 1.82) is 0 Å². The van der Waals surface area contributed by atoms with Gasteiger partial charge in [0.2, 0.25) is 0 Å². The van der Waals surface area contributed by atoms with Crippen LogP contribution in [0.25, 0.3) is 0 Å². The van der Waals surface area contributed by atoms with Gasteiger partial charge in [-0.3, -0.25) is 9.80 Å². The van der Waals surface area contributed by atoms with Crippen LogP contribution in [-0.2, 0) is 28.9 Å². The molecule has 1 spiro atoms. The number of likely N-dealkylation sites (tertiary alicyclic amines) is 1. The van der Waals surface area contributed by atoms with Crippen molar-refractivity contribution < 1.29 is 14.3 Å². The van der Waals surface area contributed by atoms with Crippen LogP contribution in [0.2, 0.25) is 0 Å². The van der Waals surface area contributed by atoms with Gasteiger partial charge < -0.3 is 9.47 Å². The lowest BCUT2D eigenvalue weighted by molar-refractivity contribution is 0.0195. The third kappa shape index (κ3) is 3.76. The zero-order valence-corrected chi connectivity index (χ0v) is 18.7. The number of piperidine rings is 1. The van der Waals surface area contributed by atoms with Crippen LogP contribution >= 0.6 is 0 Å². The van der Waals surface area contributed by atoms with Gasteiger partial charge in [-0.1, -0.05) is 36.4 Å². The lowest BCUT2D eigenvalue weighted by atomic mass is 9.77. The predicted molar refractivity (Wildman–Crippen MR) is 123 cm³/mol. The van der Waals surface area contributed by atoms with Crippen molar-refractivity contribution in [3.05, 3.63) is 70.8 Å². The van der Waals surface area contributed by atoms with Gasteiger partial charge in [0.1, 0.15) is 6.61 Å². The molecule has 2 saturated heterocycles.